The van der Waals surface area contributed by atoms with Gasteiger partial charge < -0.3 is 8.59 Å². The number of rotatable bonds is 3. The van der Waals surface area contributed by atoms with Gasteiger partial charge in [0.25, 0.3) is 20.2 Å². The Kier molecular flexibility index (Phi) is 20.9. The van der Waals surface area contributed by atoms with Crippen LogP contribution in [0.1, 0.15) is 9.78 Å². The molecule has 0 bridgehead atoms. The van der Waals surface area contributed by atoms with Crippen molar-refractivity contribution in [2.45, 2.75) is 6.92 Å². The average Bonchev–Trinajstić information content (AvgIpc) is 1.84. The van der Waals surface area contributed by atoms with Crippen molar-refractivity contribution >= 4 is 20.2 Å². The van der Waals surface area contributed by atoms with E-state index in [1.54, 1.807) is 0 Å². The van der Waals surface area contributed by atoms with E-state index in [0.29, 0.717) is 0 Å². The summed E-state index contributed by atoms with van der Waals surface area (Å²) >= 11 is 0. The van der Waals surface area contributed by atoms with E-state index in [1.807, 2.05) is 0 Å². The molecule has 0 spiro atoms. The van der Waals surface area contributed by atoms with Gasteiger partial charge in [-0.3, -0.25) is 9.11 Å². The second-order valence-electron chi connectivity index (χ2n) is 1.95. The van der Waals surface area contributed by atoms with Crippen molar-refractivity contribution in [3.8, 4) is 0 Å². The van der Waals surface area contributed by atoms with Gasteiger partial charge >= 0.3 is 59.1 Å². The monoisotopic (exact) mass is 283 g/mol. The Morgan fingerprint density at radius 2 is 1.33 bits per heavy atom. The predicted octanol–water partition coefficient (Wildman–Crippen LogP) is -7.04. The molecule has 0 amide bonds. The van der Waals surface area contributed by atoms with Crippen LogP contribution < -0.4 is 64.8 Å². The zero-order valence-corrected chi connectivity index (χ0v) is 14.7. The largest absolute Gasteiger partial charge is 1.00 e. The number of hydrogen-bond donors (Lipinski definition) is 3. The van der Waals surface area contributed by atoms with Gasteiger partial charge in [0.05, 0.1) is 11.5 Å². The summed E-state index contributed by atoms with van der Waals surface area (Å²) in [5.74, 6) is -0.556. The molecule has 7 nitrogen and oxygen atoms in total. The van der Waals surface area contributed by atoms with E-state index in [-0.39, 0.29) is 80.0 Å². The first kappa shape index (κ1) is 25.6. The molecule has 0 unspecified atom stereocenters. The molecule has 0 fully saturated rings. The standard InChI is InChI=1S/C2H7NO3S.C2H6O3S.2Na.2H/c3-1-2-7(4,5)6;1-2-6(3,4)5;;;;/h1-3H2,(H,4,5,6);2H2,1H3,(H,3,4,5);;;;/q;;2*+1;2*-1. The molecule has 0 radical (unpaired) electrons. The summed E-state index contributed by atoms with van der Waals surface area (Å²) in [7, 11) is -7.46. The van der Waals surface area contributed by atoms with E-state index < -0.39 is 20.2 Å². The summed E-state index contributed by atoms with van der Waals surface area (Å²) in [5.41, 5.74) is 4.78. The van der Waals surface area contributed by atoms with Crippen molar-refractivity contribution in [1.82, 2.24) is 0 Å². The Labute approximate surface area is 137 Å². The zero-order chi connectivity index (χ0) is 11.1. The molecule has 0 aromatic carbocycles. The molecule has 0 aliphatic rings. The van der Waals surface area contributed by atoms with E-state index in [2.05, 4.69) is 0 Å². The number of nitrogens with two attached hydrogens (primary N) is 1. The fraction of sp³-hybridized carbons (Fsp3) is 1.00. The van der Waals surface area contributed by atoms with Crippen molar-refractivity contribution in [3.63, 3.8) is 0 Å². The van der Waals surface area contributed by atoms with Gasteiger partial charge in [-0.05, 0) is 6.92 Å². The van der Waals surface area contributed by atoms with Crippen LogP contribution in [0.3, 0.4) is 0 Å². The fourth-order valence-electron chi connectivity index (χ4n) is 0.149. The smallest absolute Gasteiger partial charge is 1.00 e. The SMILES string of the molecule is CCS(=O)(=O)O.NCCS(=O)(=O)O.[H-].[H-].[Na+].[Na+]. The summed E-state index contributed by atoms with van der Waals surface area (Å²) in [6.07, 6.45) is 0. The molecule has 0 aromatic rings. The average molecular weight is 283 g/mol. The normalized spacial score (nSPS) is 10.1. The molecule has 0 heterocycles. The quantitative estimate of drug-likeness (QED) is 0.346. The molecule has 0 saturated carbocycles. The first-order valence-electron chi connectivity index (χ1n) is 3.22. The zero-order valence-electron chi connectivity index (χ0n) is 11.0. The van der Waals surface area contributed by atoms with Crippen molar-refractivity contribution < 1.29 is 87.9 Å². The third-order valence-electron chi connectivity index (χ3n) is 0.741. The van der Waals surface area contributed by atoms with Crippen LogP contribution in [0.4, 0.5) is 0 Å². The van der Waals surface area contributed by atoms with Crippen LogP contribution in [0.15, 0.2) is 0 Å². The Morgan fingerprint density at radius 3 is 1.33 bits per heavy atom. The van der Waals surface area contributed by atoms with Gasteiger partial charge in [-0.25, -0.2) is 0 Å². The fourth-order valence-corrected chi connectivity index (χ4v) is 0.447. The molecule has 0 aliphatic carbocycles. The summed E-state index contributed by atoms with van der Waals surface area (Å²) in [5, 5.41) is 0. The van der Waals surface area contributed by atoms with Gasteiger partial charge in [0.15, 0.2) is 0 Å². The van der Waals surface area contributed by atoms with Crippen LogP contribution in [0.2, 0.25) is 0 Å². The van der Waals surface area contributed by atoms with E-state index in [1.165, 1.54) is 6.92 Å². The van der Waals surface area contributed by atoms with Gasteiger partial charge in [0.1, 0.15) is 0 Å². The van der Waals surface area contributed by atoms with Gasteiger partial charge in [-0.1, -0.05) is 0 Å². The molecule has 0 aromatic heterocycles. The van der Waals surface area contributed by atoms with Crippen LogP contribution >= 0.6 is 0 Å². The molecule has 15 heavy (non-hydrogen) atoms. The third-order valence-corrected chi connectivity index (χ3v) is 2.22. The van der Waals surface area contributed by atoms with Crippen LogP contribution in [0.25, 0.3) is 0 Å². The van der Waals surface area contributed by atoms with E-state index in [9.17, 15) is 16.8 Å². The maximum absolute atomic E-state index is 9.71. The van der Waals surface area contributed by atoms with E-state index in [0.717, 1.165) is 0 Å². The summed E-state index contributed by atoms with van der Waals surface area (Å²) < 4.78 is 54.2. The Hall–Kier alpha value is 1.78. The molecule has 86 valence electrons. The molecular weight excluding hydrogens is 268 g/mol. The van der Waals surface area contributed by atoms with Gasteiger partial charge in [0.2, 0.25) is 0 Å². The van der Waals surface area contributed by atoms with Crippen LogP contribution in [0, 0.1) is 0 Å². The van der Waals surface area contributed by atoms with Crippen molar-refractivity contribution in [2.24, 2.45) is 5.73 Å². The second-order valence-corrected chi connectivity index (χ2v) is 5.26. The summed E-state index contributed by atoms with van der Waals surface area (Å²) in [6.45, 7) is 1.34. The summed E-state index contributed by atoms with van der Waals surface area (Å²) in [6, 6.07) is 0. The molecule has 0 rings (SSSR count). The molecular formula is C4H15NNa2O6S2. The minimum atomic E-state index is -3.80. The molecule has 0 saturated heterocycles. The maximum Gasteiger partial charge on any atom is 1.00 e. The van der Waals surface area contributed by atoms with E-state index in [4.69, 9.17) is 14.8 Å². The van der Waals surface area contributed by atoms with Gasteiger partial charge in [-0.15, -0.1) is 0 Å². The van der Waals surface area contributed by atoms with Crippen LogP contribution in [-0.2, 0) is 20.2 Å². The maximum atomic E-state index is 9.71. The Morgan fingerprint density at radius 1 is 1.07 bits per heavy atom. The first-order chi connectivity index (χ1) is 5.62. The topological polar surface area (TPSA) is 135 Å². The van der Waals surface area contributed by atoms with E-state index >= 15 is 0 Å². The van der Waals surface area contributed by atoms with Gasteiger partial charge in [0, 0.05) is 6.54 Å². The molecule has 0 atom stereocenters. The van der Waals surface area contributed by atoms with Crippen LogP contribution in [0.5, 0.6) is 0 Å². The van der Waals surface area contributed by atoms with Crippen LogP contribution in [-0.4, -0.2) is 44.0 Å². The Bertz CT molecular complexity index is 321. The third kappa shape index (κ3) is 38.9. The van der Waals surface area contributed by atoms with Gasteiger partial charge in [-0.2, -0.15) is 16.8 Å². The summed E-state index contributed by atoms with van der Waals surface area (Å²) in [4.78, 5) is 0. The molecule has 4 N–H and O–H groups in total. The number of hydrogen-bond acceptors (Lipinski definition) is 5. The van der Waals surface area contributed by atoms with Crippen molar-refractivity contribution in [1.29, 1.82) is 0 Å². The predicted molar refractivity (Wildman–Crippen MR) is 49.8 cm³/mol. The molecule has 0 aliphatic heterocycles. The van der Waals surface area contributed by atoms with Crippen molar-refractivity contribution in [3.05, 3.63) is 0 Å². The Balaban J connectivity index is -0.0000000290. The first-order valence-corrected chi connectivity index (χ1v) is 6.44. The minimum Gasteiger partial charge on any atom is -1.00 e. The minimum absolute atomic E-state index is 0. The van der Waals surface area contributed by atoms with Crippen molar-refractivity contribution in [2.75, 3.05) is 18.1 Å². The molecule has 11 heteroatoms. The second kappa shape index (κ2) is 12.2.